The highest BCUT2D eigenvalue weighted by Crippen LogP contribution is 2.46. The Balaban J connectivity index is 0.000000325. The Kier molecular flexibility index (Phi) is 6.53. The summed E-state index contributed by atoms with van der Waals surface area (Å²) in [5.41, 5.74) is 3.11. The summed E-state index contributed by atoms with van der Waals surface area (Å²) in [6.45, 7) is 2.87. The minimum absolute atomic E-state index is 0.125. The Labute approximate surface area is 191 Å². The molecule has 7 nitrogen and oxygen atoms in total. The van der Waals surface area contributed by atoms with E-state index >= 15 is 0 Å². The Morgan fingerprint density at radius 1 is 1.18 bits per heavy atom. The zero-order valence-electron chi connectivity index (χ0n) is 17.4. The lowest BCUT2D eigenvalue weighted by Gasteiger charge is -2.47. The van der Waals surface area contributed by atoms with Gasteiger partial charge in [0.1, 0.15) is 6.10 Å². The first-order valence-electron chi connectivity index (χ1n) is 10.2. The number of hydrogen-bond acceptors (Lipinski definition) is 6. The number of fused-ring (bicyclic) bond motifs is 1. The van der Waals surface area contributed by atoms with Gasteiger partial charge in [0.15, 0.2) is 0 Å². The first-order chi connectivity index (χ1) is 15.7. The molecule has 3 aliphatic heterocycles. The molecule has 2 saturated heterocycles. The Morgan fingerprint density at radius 3 is 2.58 bits per heavy atom. The highest BCUT2D eigenvalue weighted by atomic mass is 32.2. The fourth-order valence-electron chi connectivity index (χ4n) is 3.97. The van der Waals surface area contributed by atoms with Crippen molar-refractivity contribution in [2.24, 2.45) is 0 Å². The Bertz CT molecular complexity index is 1030. The number of aromatic nitrogens is 1. The van der Waals surface area contributed by atoms with Crippen LogP contribution in [0.5, 0.6) is 5.88 Å². The molecule has 1 atom stereocenters. The zero-order valence-corrected chi connectivity index (χ0v) is 18.2. The van der Waals surface area contributed by atoms with Gasteiger partial charge in [-0.15, -0.1) is 11.8 Å². The topological polar surface area (TPSA) is 89.0 Å². The maximum Gasteiger partial charge on any atom is 0.490 e. The average Bonchev–Trinajstić information content (AvgIpc) is 3.39. The normalized spacial score (nSPS) is 20.5. The number of likely N-dealkylation sites (tertiary alicyclic amines) is 1. The van der Waals surface area contributed by atoms with Crippen molar-refractivity contribution in [2.75, 3.05) is 18.8 Å². The maximum absolute atomic E-state index is 12.8. The van der Waals surface area contributed by atoms with Crippen LogP contribution in [0.1, 0.15) is 27.9 Å². The number of aliphatic carboxylic acids is 1. The summed E-state index contributed by atoms with van der Waals surface area (Å²) in [7, 11) is 0. The third-order valence-corrected chi connectivity index (χ3v) is 7.13. The molecule has 4 heterocycles. The van der Waals surface area contributed by atoms with Crippen LogP contribution in [-0.4, -0.2) is 62.7 Å². The summed E-state index contributed by atoms with van der Waals surface area (Å²) >= 11 is 1.93. The van der Waals surface area contributed by atoms with E-state index in [1.165, 1.54) is 5.56 Å². The van der Waals surface area contributed by atoms with Gasteiger partial charge in [0.2, 0.25) is 5.88 Å². The largest absolute Gasteiger partial charge is 0.490 e. The number of nitrogens with zero attached hydrogens (tertiary/aromatic N) is 2. The second-order valence-electron chi connectivity index (χ2n) is 8.05. The number of carboxylic acids is 1. The summed E-state index contributed by atoms with van der Waals surface area (Å²) in [6.07, 6.45) is -2.20. The second kappa shape index (κ2) is 9.22. The van der Waals surface area contributed by atoms with Crippen LogP contribution in [0.25, 0.3) is 0 Å². The quantitative estimate of drug-likeness (QED) is 0.716. The van der Waals surface area contributed by atoms with Crippen molar-refractivity contribution in [3.05, 3.63) is 59.3 Å². The van der Waals surface area contributed by atoms with Crippen molar-refractivity contribution in [3.8, 4) is 5.88 Å². The number of benzene rings is 1. The number of alkyl halides is 3. The van der Waals surface area contributed by atoms with E-state index in [0.717, 1.165) is 36.4 Å². The molecule has 176 valence electrons. The molecular formula is C22H21F3N2O5S. The first kappa shape index (κ1) is 23.4. The monoisotopic (exact) mass is 482 g/mol. The third kappa shape index (κ3) is 5.41. The van der Waals surface area contributed by atoms with Gasteiger partial charge in [-0.25, -0.2) is 9.78 Å². The van der Waals surface area contributed by atoms with Crippen LogP contribution in [0.3, 0.4) is 0 Å². The van der Waals surface area contributed by atoms with Crippen molar-refractivity contribution in [2.45, 2.75) is 36.7 Å². The SMILES string of the molecule is O=C(O)C(F)(F)F.O=C(c1ccc2c(c1)COC2)N1CC2(CC(Oc3ccccn3)CS2)C1. The number of rotatable bonds is 3. The van der Waals surface area contributed by atoms with Crippen LogP contribution in [0.2, 0.25) is 0 Å². The van der Waals surface area contributed by atoms with Gasteiger partial charge in [0.25, 0.3) is 5.91 Å². The van der Waals surface area contributed by atoms with E-state index in [9.17, 15) is 18.0 Å². The number of halogens is 3. The molecule has 1 unspecified atom stereocenters. The van der Waals surface area contributed by atoms with E-state index in [4.69, 9.17) is 19.4 Å². The number of carbonyl (C=O) groups excluding carboxylic acids is 1. The number of amides is 1. The molecule has 2 fully saturated rings. The van der Waals surface area contributed by atoms with Gasteiger partial charge in [-0.2, -0.15) is 13.2 Å². The van der Waals surface area contributed by atoms with Crippen molar-refractivity contribution in [1.29, 1.82) is 0 Å². The van der Waals surface area contributed by atoms with Gasteiger partial charge >= 0.3 is 12.1 Å². The summed E-state index contributed by atoms with van der Waals surface area (Å²) in [5, 5.41) is 7.12. The van der Waals surface area contributed by atoms with Gasteiger partial charge < -0.3 is 19.5 Å². The van der Waals surface area contributed by atoms with Crippen LogP contribution in [0.15, 0.2) is 42.6 Å². The fourth-order valence-corrected chi connectivity index (χ4v) is 5.49. The third-order valence-electron chi connectivity index (χ3n) is 5.56. The fraction of sp³-hybridized carbons (Fsp3) is 0.409. The molecule has 33 heavy (non-hydrogen) atoms. The Hall–Kier alpha value is -2.79. The van der Waals surface area contributed by atoms with Crippen molar-refractivity contribution < 1.29 is 37.3 Å². The van der Waals surface area contributed by atoms with E-state index in [0.29, 0.717) is 19.1 Å². The lowest BCUT2D eigenvalue weighted by molar-refractivity contribution is -0.192. The minimum atomic E-state index is -5.08. The summed E-state index contributed by atoms with van der Waals surface area (Å²) in [6, 6.07) is 11.7. The minimum Gasteiger partial charge on any atom is -0.475 e. The van der Waals surface area contributed by atoms with Gasteiger partial charge in [-0.3, -0.25) is 4.79 Å². The molecule has 1 N–H and O–H groups in total. The predicted octanol–water partition coefficient (Wildman–Crippen LogP) is 3.52. The maximum atomic E-state index is 12.8. The first-order valence-corrected chi connectivity index (χ1v) is 11.1. The lowest BCUT2D eigenvalue weighted by atomic mass is 9.92. The van der Waals surface area contributed by atoms with Gasteiger partial charge in [0.05, 0.1) is 18.0 Å². The van der Waals surface area contributed by atoms with Crippen LogP contribution in [-0.2, 0) is 22.7 Å². The molecule has 1 aromatic heterocycles. The lowest BCUT2D eigenvalue weighted by Crippen LogP contribution is -2.60. The highest BCUT2D eigenvalue weighted by Gasteiger charge is 2.51. The average molecular weight is 482 g/mol. The summed E-state index contributed by atoms with van der Waals surface area (Å²) in [5.74, 6) is -0.996. The van der Waals surface area contributed by atoms with E-state index in [-0.39, 0.29) is 16.8 Å². The van der Waals surface area contributed by atoms with Crippen molar-refractivity contribution >= 4 is 23.6 Å². The molecular weight excluding hydrogens is 461 g/mol. The van der Waals surface area contributed by atoms with Gasteiger partial charge in [0, 0.05) is 43.1 Å². The van der Waals surface area contributed by atoms with Crippen LogP contribution in [0, 0.1) is 0 Å². The number of ether oxygens (including phenoxy) is 2. The molecule has 1 aromatic carbocycles. The molecule has 1 spiro atoms. The van der Waals surface area contributed by atoms with E-state index < -0.39 is 12.1 Å². The number of pyridine rings is 1. The molecule has 0 radical (unpaired) electrons. The molecule has 2 aromatic rings. The molecule has 0 bridgehead atoms. The number of carboxylic acid groups (broad SMARTS) is 1. The van der Waals surface area contributed by atoms with Crippen molar-refractivity contribution in [1.82, 2.24) is 9.88 Å². The van der Waals surface area contributed by atoms with Crippen LogP contribution >= 0.6 is 11.8 Å². The summed E-state index contributed by atoms with van der Waals surface area (Å²) < 4.78 is 43.3. The van der Waals surface area contributed by atoms with E-state index in [2.05, 4.69) is 4.98 Å². The standard InChI is InChI=1S/C20H20N2O3S.C2HF3O2/c23-19(14-4-5-15-9-24-10-16(15)7-14)22-12-20(13-22)8-17(11-26-20)25-18-3-1-2-6-21-18;3-2(4,5)1(6)7/h1-7,17H,8-13H2;(H,6,7). The second-order valence-corrected chi connectivity index (χ2v) is 9.53. The van der Waals surface area contributed by atoms with E-state index in [1.54, 1.807) is 6.20 Å². The molecule has 3 aliphatic rings. The molecule has 5 rings (SSSR count). The molecule has 0 aliphatic carbocycles. The van der Waals surface area contributed by atoms with Gasteiger partial charge in [-0.1, -0.05) is 12.1 Å². The Morgan fingerprint density at radius 2 is 1.91 bits per heavy atom. The zero-order chi connectivity index (χ0) is 23.6. The molecule has 11 heteroatoms. The van der Waals surface area contributed by atoms with E-state index in [1.807, 2.05) is 53.1 Å². The predicted molar refractivity (Wildman–Crippen MR) is 113 cm³/mol. The van der Waals surface area contributed by atoms with Crippen LogP contribution in [0.4, 0.5) is 13.2 Å². The number of carbonyl (C=O) groups is 2. The number of thioether (sulfide) groups is 1. The smallest absolute Gasteiger partial charge is 0.475 e. The van der Waals surface area contributed by atoms with Gasteiger partial charge in [-0.05, 0) is 29.3 Å². The van der Waals surface area contributed by atoms with Crippen molar-refractivity contribution in [3.63, 3.8) is 0 Å². The number of hydrogen-bond donors (Lipinski definition) is 1. The van der Waals surface area contributed by atoms with Crippen LogP contribution < -0.4 is 4.74 Å². The molecule has 1 amide bonds. The summed E-state index contributed by atoms with van der Waals surface area (Å²) in [4.78, 5) is 27.9. The highest BCUT2D eigenvalue weighted by molar-refractivity contribution is 8.01. The molecule has 0 saturated carbocycles.